The van der Waals surface area contributed by atoms with E-state index >= 15 is 0 Å². The zero-order valence-electron chi connectivity index (χ0n) is 21.4. The first-order valence-corrected chi connectivity index (χ1v) is 13.3. The molecule has 10 heteroatoms. The molecule has 2 aromatic heterocycles. The number of thiazole rings is 1. The van der Waals surface area contributed by atoms with Crippen LogP contribution >= 0.6 is 11.3 Å². The van der Waals surface area contributed by atoms with Crippen molar-refractivity contribution in [2.45, 2.75) is 45.6 Å². The van der Waals surface area contributed by atoms with E-state index in [1.165, 1.54) is 11.3 Å². The van der Waals surface area contributed by atoms with Gasteiger partial charge in [-0.1, -0.05) is 36.4 Å². The molecule has 4 rings (SSSR count). The molecular weight excluding hydrogens is 490 g/mol. The minimum atomic E-state index is -0.481. The maximum atomic E-state index is 12.4. The molecule has 0 saturated carbocycles. The number of pyridine rings is 1. The number of nitrogens with one attached hydrogen (secondary N) is 2. The maximum Gasteiger partial charge on any atom is 0.410 e. The lowest BCUT2D eigenvalue weighted by molar-refractivity contribution is 0.0177. The molecule has 1 aromatic carbocycles. The van der Waals surface area contributed by atoms with Crippen LogP contribution in [0.4, 0.5) is 21.2 Å². The zero-order valence-corrected chi connectivity index (χ0v) is 22.2. The molecule has 1 fully saturated rings. The Morgan fingerprint density at radius 1 is 1.00 bits per heavy atom. The smallest absolute Gasteiger partial charge is 0.410 e. The van der Waals surface area contributed by atoms with Crippen molar-refractivity contribution in [2.24, 2.45) is 5.92 Å². The average molecular weight is 524 g/mol. The van der Waals surface area contributed by atoms with Crippen molar-refractivity contribution in [3.63, 3.8) is 0 Å². The number of anilines is 2. The number of ether oxygens (including phenoxy) is 2. The van der Waals surface area contributed by atoms with Crippen molar-refractivity contribution >= 4 is 35.1 Å². The van der Waals surface area contributed by atoms with Gasteiger partial charge in [-0.25, -0.2) is 14.6 Å². The van der Waals surface area contributed by atoms with Crippen LogP contribution in [0.1, 0.15) is 40.0 Å². The van der Waals surface area contributed by atoms with E-state index in [1.54, 1.807) is 28.5 Å². The number of carbonyl (C=O) groups is 2. The van der Waals surface area contributed by atoms with E-state index in [9.17, 15) is 9.59 Å². The number of hydrogen-bond acceptors (Lipinski definition) is 7. The topological polar surface area (TPSA) is 106 Å². The highest BCUT2D eigenvalue weighted by molar-refractivity contribution is 7.13. The van der Waals surface area contributed by atoms with Crippen LogP contribution in [0.15, 0.2) is 53.9 Å². The number of amides is 3. The second-order valence-electron chi connectivity index (χ2n) is 9.89. The number of aromatic nitrogens is 2. The Morgan fingerprint density at radius 3 is 2.46 bits per heavy atom. The second-order valence-corrected chi connectivity index (χ2v) is 10.8. The summed E-state index contributed by atoms with van der Waals surface area (Å²) in [6, 6.07) is 14.6. The van der Waals surface area contributed by atoms with Crippen LogP contribution in [0.5, 0.6) is 5.88 Å². The summed E-state index contributed by atoms with van der Waals surface area (Å²) in [6.07, 6.45) is 2.46. The first kappa shape index (κ1) is 26.4. The van der Waals surface area contributed by atoms with Gasteiger partial charge in [-0.15, -0.1) is 11.3 Å². The zero-order chi connectivity index (χ0) is 26.3. The third-order valence-corrected chi connectivity index (χ3v) is 6.67. The number of benzene rings is 1. The number of urea groups is 1. The molecule has 3 aromatic rings. The molecule has 1 aliphatic rings. The molecular formula is C27H33N5O4S. The lowest BCUT2D eigenvalue weighted by atomic mass is 9.94. The van der Waals surface area contributed by atoms with Crippen molar-refractivity contribution < 1.29 is 19.1 Å². The molecule has 0 atom stereocenters. The molecule has 0 bridgehead atoms. The standard InChI is InChI=1S/C27H33N5O4S/c1-27(2,3)36-26(34)32-15-12-19(13-16-32)14-17-35-23-11-7-10-21(28-23)30-25(33)31-22-18-37-24(29-22)20-8-5-4-6-9-20/h4-11,18-19H,12-17H2,1-3H3,(H2,28,30,31,33). The molecule has 9 nitrogen and oxygen atoms in total. The van der Waals surface area contributed by atoms with Gasteiger partial charge in [-0.2, -0.15) is 4.98 Å². The lowest BCUT2D eigenvalue weighted by Crippen LogP contribution is -2.41. The second kappa shape index (κ2) is 12.1. The van der Waals surface area contributed by atoms with E-state index in [1.807, 2.05) is 51.1 Å². The Labute approximate surface area is 221 Å². The Bertz CT molecular complexity index is 1190. The van der Waals surface area contributed by atoms with Gasteiger partial charge in [0.05, 0.1) is 6.61 Å². The highest BCUT2D eigenvalue weighted by atomic mass is 32.1. The van der Waals surface area contributed by atoms with Gasteiger partial charge in [-0.05, 0) is 52.0 Å². The fourth-order valence-corrected chi connectivity index (χ4v) is 4.69. The van der Waals surface area contributed by atoms with E-state index in [4.69, 9.17) is 9.47 Å². The summed E-state index contributed by atoms with van der Waals surface area (Å²) in [6.45, 7) is 7.53. The molecule has 3 amide bonds. The number of piperidine rings is 1. The van der Waals surface area contributed by atoms with Crippen LogP contribution in [0.2, 0.25) is 0 Å². The Hall–Kier alpha value is -3.66. The van der Waals surface area contributed by atoms with Gasteiger partial charge >= 0.3 is 12.1 Å². The monoisotopic (exact) mass is 523 g/mol. The SMILES string of the molecule is CC(C)(C)OC(=O)N1CCC(CCOc2cccc(NC(=O)Nc3csc(-c4ccccc4)n3)n2)CC1. The summed E-state index contributed by atoms with van der Waals surface area (Å²) < 4.78 is 11.3. The van der Waals surface area contributed by atoms with Crippen molar-refractivity contribution in [3.8, 4) is 16.5 Å². The summed E-state index contributed by atoms with van der Waals surface area (Å²) in [5, 5.41) is 8.10. The van der Waals surface area contributed by atoms with Crippen LogP contribution in [0.3, 0.4) is 0 Å². The highest BCUT2D eigenvalue weighted by Gasteiger charge is 2.26. The molecule has 1 aliphatic heterocycles. The largest absolute Gasteiger partial charge is 0.478 e. The van der Waals surface area contributed by atoms with Crippen molar-refractivity contribution in [3.05, 3.63) is 53.9 Å². The number of likely N-dealkylation sites (tertiary alicyclic amines) is 1. The predicted octanol–water partition coefficient (Wildman–Crippen LogP) is 6.27. The van der Waals surface area contributed by atoms with Gasteiger partial charge in [0.1, 0.15) is 22.2 Å². The summed E-state index contributed by atoms with van der Waals surface area (Å²) in [5.41, 5.74) is 0.520. The Balaban J connectivity index is 1.19. The van der Waals surface area contributed by atoms with Gasteiger partial charge in [0, 0.05) is 30.1 Å². The predicted molar refractivity (Wildman–Crippen MR) is 145 cm³/mol. The fraction of sp³-hybridized carbons (Fsp3) is 0.407. The summed E-state index contributed by atoms with van der Waals surface area (Å²) in [7, 11) is 0. The lowest BCUT2D eigenvalue weighted by Gasteiger charge is -2.33. The minimum absolute atomic E-state index is 0.244. The molecule has 0 spiro atoms. The van der Waals surface area contributed by atoms with Crippen LogP contribution in [-0.4, -0.2) is 52.3 Å². The number of carbonyl (C=O) groups excluding carboxylic acids is 2. The first-order chi connectivity index (χ1) is 17.7. The Morgan fingerprint density at radius 2 is 1.73 bits per heavy atom. The number of rotatable bonds is 7. The normalized spacial score (nSPS) is 14.2. The van der Waals surface area contributed by atoms with Gasteiger partial charge in [0.2, 0.25) is 5.88 Å². The molecule has 1 saturated heterocycles. The van der Waals surface area contributed by atoms with Crippen LogP contribution < -0.4 is 15.4 Å². The first-order valence-electron chi connectivity index (χ1n) is 12.4. The fourth-order valence-electron chi connectivity index (χ4n) is 3.93. The summed E-state index contributed by atoms with van der Waals surface area (Å²) in [5.74, 6) is 1.79. The van der Waals surface area contributed by atoms with E-state index in [0.29, 0.717) is 43.1 Å². The van der Waals surface area contributed by atoms with E-state index in [2.05, 4.69) is 20.6 Å². The third kappa shape index (κ3) is 8.18. The van der Waals surface area contributed by atoms with E-state index in [0.717, 1.165) is 29.8 Å². The van der Waals surface area contributed by atoms with Crippen molar-refractivity contribution in [2.75, 3.05) is 30.3 Å². The Kier molecular flexibility index (Phi) is 8.60. The summed E-state index contributed by atoms with van der Waals surface area (Å²) >= 11 is 1.46. The number of nitrogens with zero attached hydrogens (tertiary/aromatic N) is 3. The van der Waals surface area contributed by atoms with Gasteiger partial charge in [0.15, 0.2) is 0 Å². The molecule has 0 unspecified atom stereocenters. The molecule has 37 heavy (non-hydrogen) atoms. The molecule has 3 heterocycles. The van der Waals surface area contributed by atoms with Crippen LogP contribution in [0, 0.1) is 5.92 Å². The molecule has 2 N–H and O–H groups in total. The van der Waals surface area contributed by atoms with Gasteiger partial charge in [-0.3, -0.25) is 10.6 Å². The van der Waals surface area contributed by atoms with Crippen LogP contribution in [0.25, 0.3) is 10.6 Å². The van der Waals surface area contributed by atoms with Gasteiger partial charge in [0.25, 0.3) is 0 Å². The highest BCUT2D eigenvalue weighted by Crippen LogP contribution is 2.26. The minimum Gasteiger partial charge on any atom is -0.478 e. The van der Waals surface area contributed by atoms with Crippen molar-refractivity contribution in [1.29, 1.82) is 0 Å². The van der Waals surface area contributed by atoms with E-state index < -0.39 is 11.6 Å². The molecule has 0 radical (unpaired) electrons. The molecule has 0 aliphatic carbocycles. The quantitative estimate of drug-likeness (QED) is 0.378. The van der Waals surface area contributed by atoms with E-state index in [-0.39, 0.29) is 6.09 Å². The summed E-state index contributed by atoms with van der Waals surface area (Å²) in [4.78, 5) is 35.3. The molecule has 196 valence electrons. The maximum absolute atomic E-state index is 12.4. The number of hydrogen-bond donors (Lipinski definition) is 2. The third-order valence-electron chi connectivity index (χ3n) is 5.77. The average Bonchev–Trinajstić information content (AvgIpc) is 3.32. The van der Waals surface area contributed by atoms with Crippen molar-refractivity contribution in [1.82, 2.24) is 14.9 Å². The van der Waals surface area contributed by atoms with Gasteiger partial charge < -0.3 is 14.4 Å². The van der Waals surface area contributed by atoms with Crippen LogP contribution in [-0.2, 0) is 4.74 Å².